The van der Waals surface area contributed by atoms with Crippen LogP contribution in [-0.4, -0.2) is 31.4 Å². The molecule has 1 aliphatic rings. The maximum Gasteiger partial charge on any atom is 0.256 e. The summed E-state index contributed by atoms with van der Waals surface area (Å²) < 4.78 is 12.6. The van der Waals surface area contributed by atoms with Crippen LogP contribution >= 0.6 is 27.7 Å². The molecule has 0 radical (unpaired) electrons. The van der Waals surface area contributed by atoms with E-state index in [1.165, 1.54) is 0 Å². The molecule has 4 rings (SSSR count). The van der Waals surface area contributed by atoms with Gasteiger partial charge >= 0.3 is 0 Å². The summed E-state index contributed by atoms with van der Waals surface area (Å²) in [5.41, 5.74) is 2.11. The first-order valence-electron chi connectivity index (χ1n) is 9.44. The maximum absolute atomic E-state index is 13.0. The predicted molar refractivity (Wildman–Crippen MR) is 119 cm³/mol. The van der Waals surface area contributed by atoms with E-state index in [0.717, 1.165) is 39.9 Å². The average molecular weight is 473 g/mol. The fraction of sp³-hybridized carbons (Fsp3) is 0.273. The van der Waals surface area contributed by atoms with Crippen molar-refractivity contribution < 1.29 is 13.9 Å². The van der Waals surface area contributed by atoms with Gasteiger partial charge in [-0.3, -0.25) is 4.79 Å². The lowest BCUT2D eigenvalue weighted by Crippen LogP contribution is -2.34. The molecule has 1 atom stereocenters. The first-order chi connectivity index (χ1) is 14.1. The third-order valence-electron chi connectivity index (χ3n) is 4.75. The monoisotopic (exact) mass is 472 g/mol. The number of amides is 1. The Labute approximate surface area is 181 Å². The predicted octanol–water partition coefficient (Wildman–Crippen LogP) is 5.06. The highest BCUT2D eigenvalue weighted by Crippen LogP contribution is 2.22. The smallest absolute Gasteiger partial charge is 0.256 e. The molecule has 0 saturated carbocycles. The molecule has 1 aliphatic heterocycles. The van der Waals surface area contributed by atoms with Crippen molar-refractivity contribution in [3.8, 4) is 0 Å². The summed E-state index contributed by atoms with van der Waals surface area (Å²) in [6, 6.07) is 15.4. The van der Waals surface area contributed by atoms with Crippen LogP contribution < -0.4 is 10.9 Å². The molecule has 29 heavy (non-hydrogen) atoms. The number of rotatable bonds is 5. The molecular formula is C22H21BrN2O3S. The van der Waals surface area contributed by atoms with Crippen LogP contribution in [0.25, 0.3) is 11.0 Å². The third kappa shape index (κ3) is 4.91. The number of hydrogen-bond acceptors (Lipinski definition) is 5. The van der Waals surface area contributed by atoms with Crippen LogP contribution in [0.3, 0.4) is 0 Å². The summed E-state index contributed by atoms with van der Waals surface area (Å²) in [4.78, 5) is 18.7. The molecule has 7 heteroatoms. The highest BCUT2D eigenvalue weighted by molar-refractivity contribution is 9.10. The van der Waals surface area contributed by atoms with Gasteiger partial charge in [0.05, 0.1) is 11.8 Å². The van der Waals surface area contributed by atoms with Gasteiger partial charge < -0.3 is 14.5 Å². The largest absolute Gasteiger partial charge is 0.438 e. The van der Waals surface area contributed by atoms with Crippen molar-refractivity contribution in [3.63, 3.8) is 0 Å². The number of carbonyl (C=O) groups is 1. The van der Waals surface area contributed by atoms with Crippen molar-refractivity contribution in [1.29, 1.82) is 0 Å². The van der Waals surface area contributed by atoms with E-state index in [4.69, 9.17) is 9.15 Å². The lowest BCUT2D eigenvalue weighted by atomic mass is 10.1. The second-order valence-corrected chi connectivity index (χ2v) is 8.60. The van der Waals surface area contributed by atoms with Crippen LogP contribution in [0, 0.1) is 0 Å². The zero-order valence-electron chi connectivity index (χ0n) is 16.0. The molecule has 0 aliphatic carbocycles. The van der Waals surface area contributed by atoms with E-state index < -0.39 is 0 Å². The molecule has 1 unspecified atom stereocenters. The molecule has 1 saturated heterocycles. The van der Waals surface area contributed by atoms with Crippen LogP contribution in [0.1, 0.15) is 23.2 Å². The van der Waals surface area contributed by atoms with Crippen LogP contribution in [0.4, 0.5) is 5.69 Å². The van der Waals surface area contributed by atoms with E-state index in [9.17, 15) is 4.79 Å². The number of fused-ring (bicyclic) bond motifs is 1. The molecule has 0 spiro atoms. The first kappa shape index (κ1) is 20.2. The standard InChI is InChI=1S/C22H21BrN2O3S/c1-29-18-6-2-4-16(12-18)25-22-19(21(26)24-13-17-5-3-9-27-17)11-14-10-15(23)7-8-20(14)28-22/h2,4,6-8,10-12,17H,3,5,9,13H2,1H3,(H,24,26). The van der Waals surface area contributed by atoms with E-state index >= 15 is 0 Å². The SMILES string of the molecule is CSc1cccc(N=c2oc3ccc(Br)cc3cc2C(=O)NCC2CCCO2)c1. The van der Waals surface area contributed by atoms with Crippen LogP contribution in [0.2, 0.25) is 0 Å². The van der Waals surface area contributed by atoms with Gasteiger partial charge in [0.15, 0.2) is 0 Å². The first-order valence-corrected chi connectivity index (χ1v) is 11.5. The lowest BCUT2D eigenvalue weighted by Gasteiger charge is -2.11. The van der Waals surface area contributed by atoms with Crippen molar-refractivity contribution >= 4 is 50.3 Å². The average Bonchev–Trinajstić information content (AvgIpc) is 3.25. The quantitative estimate of drug-likeness (QED) is 0.527. The second kappa shape index (κ2) is 9.15. The van der Waals surface area contributed by atoms with Crippen molar-refractivity contribution in [2.24, 2.45) is 4.99 Å². The molecule has 0 bridgehead atoms. The summed E-state index contributed by atoms with van der Waals surface area (Å²) in [7, 11) is 0. The Morgan fingerprint density at radius 1 is 1.28 bits per heavy atom. The molecule has 5 nitrogen and oxygen atoms in total. The summed E-state index contributed by atoms with van der Waals surface area (Å²) in [5, 5.41) is 3.80. The van der Waals surface area contributed by atoms with Gasteiger partial charge in [0.1, 0.15) is 11.1 Å². The van der Waals surface area contributed by atoms with Crippen LogP contribution in [0.5, 0.6) is 0 Å². The Morgan fingerprint density at radius 3 is 2.97 bits per heavy atom. The van der Waals surface area contributed by atoms with Crippen LogP contribution in [-0.2, 0) is 4.74 Å². The van der Waals surface area contributed by atoms with Gasteiger partial charge in [-0.1, -0.05) is 22.0 Å². The number of halogens is 1. The fourth-order valence-corrected chi connectivity index (χ4v) is 4.08. The van der Waals surface area contributed by atoms with Crippen LogP contribution in [0.15, 0.2) is 67.3 Å². The Balaban J connectivity index is 1.75. The summed E-state index contributed by atoms with van der Waals surface area (Å²) in [6.07, 6.45) is 4.09. The molecule has 1 amide bonds. The number of ether oxygens (including phenoxy) is 1. The van der Waals surface area contributed by atoms with Gasteiger partial charge in [-0.2, -0.15) is 0 Å². The molecule has 3 aromatic rings. The third-order valence-corrected chi connectivity index (χ3v) is 5.97. The maximum atomic E-state index is 13.0. The van der Waals surface area contributed by atoms with Crippen molar-refractivity contribution in [2.45, 2.75) is 23.8 Å². The van der Waals surface area contributed by atoms with Gasteiger partial charge in [0.25, 0.3) is 5.91 Å². The fourth-order valence-electron chi connectivity index (χ4n) is 3.25. The number of nitrogens with one attached hydrogen (secondary N) is 1. The van der Waals surface area contributed by atoms with Gasteiger partial charge in [0, 0.05) is 27.9 Å². The van der Waals surface area contributed by atoms with E-state index in [2.05, 4.69) is 26.2 Å². The molecule has 150 valence electrons. The molecule has 2 heterocycles. The Kier molecular flexibility index (Phi) is 6.37. The van der Waals surface area contributed by atoms with Crippen molar-refractivity contribution in [3.05, 3.63) is 64.1 Å². The molecule has 1 N–H and O–H groups in total. The van der Waals surface area contributed by atoms with Gasteiger partial charge in [-0.05, 0) is 61.6 Å². The Morgan fingerprint density at radius 2 is 2.17 bits per heavy atom. The Hall–Kier alpha value is -2.09. The van der Waals surface area contributed by atoms with E-state index in [1.807, 2.05) is 54.8 Å². The second-order valence-electron chi connectivity index (χ2n) is 6.81. The van der Waals surface area contributed by atoms with E-state index in [-0.39, 0.29) is 12.0 Å². The summed E-state index contributed by atoms with van der Waals surface area (Å²) >= 11 is 5.11. The lowest BCUT2D eigenvalue weighted by molar-refractivity contribution is 0.0854. The number of hydrogen-bond donors (Lipinski definition) is 1. The molecule has 1 fully saturated rings. The Bertz CT molecular complexity index is 1110. The van der Waals surface area contributed by atoms with E-state index in [1.54, 1.807) is 11.8 Å². The number of thioether (sulfide) groups is 1. The zero-order chi connectivity index (χ0) is 20.2. The number of carbonyl (C=O) groups excluding carboxylic acids is 1. The molecule has 1 aromatic heterocycles. The minimum absolute atomic E-state index is 0.0733. The minimum atomic E-state index is -0.217. The zero-order valence-corrected chi connectivity index (χ0v) is 18.4. The summed E-state index contributed by atoms with van der Waals surface area (Å²) in [5.74, 6) is -0.217. The van der Waals surface area contributed by atoms with Gasteiger partial charge in [-0.15, -0.1) is 11.8 Å². The highest BCUT2D eigenvalue weighted by Gasteiger charge is 2.18. The summed E-state index contributed by atoms with van der Waals surface area (Å²) in [6.45, 7) is 1.24. The number of benzene rings is 2. The van der Waals surface area contributed by atoms with Crippen molar-refractivity contribution in [2.75, 3.05) is 19.4 Å². The number of nitrogens with zero attached hydrogens (tertiary/aromatic N) is 1. The highest BCUT2D eigenvalue weighted by atomic mass is 79.9. The topological polar surface area (TPSA) is 63.8 Å². The molecule has 2 aromatic carbocycles. The van der Waals surface area contributed by atoms with Crippen molar-refractivity contribution in [1.82, 2.24) is 5.32 Å². The molecular weight excluding hydrogens is 452 g/mol. The van der Waals surface area contributed by atoms with E-state index in [0.29, 0.717) is 23.2 Å². The minimum Gasteiger partial charge on any atom is -0.438 e. The normalized spacial score (nSPS) is 17.0. The van der Waals surface area contributed by atoms with Gasteiger partial charge in [0.2, 0.25) is 5.55 Å². The van der Waals surface area contributed by atoms with Gasteiger partial charge in [-0.25, -0.2) is 4.99 Å².